The Morgan fingerprint density at radius 1 is 0.500 bits per heavy atom. The van der Waals surface area contributed by atoms with E-state index in [1.807, 2.05) is 0 Å². The molecule has 4 nitrogen and oxygen atoms in total. The molecular weight excluding hydrogens is 777 g/mol. The number of rotatable bonds is 4. The van der Waals surface area contributed by atoms with Crippen LogP contribution in [0, 0.1) is 34.0 Å². The van der Waals surface area contributed by atoms with Gasteiger partial charge in [-0.05, 0) is 142 Å². The second-order valence-corrected chi connectivity index (χ2v) is 24.2. The van der Waals surface area contributed by atoms with Crippen molar-refractivity contribution in [1.29, 1.82) is 10.5 Å². The molecule has 0 amide bonds. The third-order valence-corrected chi connectivity index (χ3v) is 15.7. The third kappa shape index (κ3) is 7.42. The summed E-state index contributed by atoms with van der Waals surface area (Å²) in [5.41, 5.74) is 15.6. The van der Waals surface area contributed by atoms with Crippen molar-refractivity contribution in [3.05, 3.63) is 111 Å². The maximum atomic E-state index is 11.9. The van der Waals surface area contributed by atoms with E-state index in [1.54, 1.807) is 0 Å². The van der Waals surface area contributed by atoms with E-state index in [4.69, 9.17) is 0 Å². The molecule has 0 radical (unpaired) electrons. The topological polar surface area (TPSA) is 57.4 Å². The van der Waals surface area contributed by atoms with Crippen molar-refractivity contribution >= 4 is 38.8 Å². The Morgan fingerprint density at radius 2 is 0.906 bits per heavy atom. The summed E-state index contributed by atoms with van der Waals surface area (Å²) in [5.74, 6) is 0.703. The van der Waals surface area contributed by atoms with Gasteiger partial charge in [-0.1, -0.05) is 146 Å². The van der Waals surface area contributed by atoms with Crippen LogP contribution in [0.1, 0.15) is 209 Å². The quantitative estimate of drug-likeness (QED) is 0.177. The predicted octanol–water partition coefficient (Wildman–Crippen LogP) is 16.7. The van der Waals surface area contributed by atoms with E-state index in [9.17, 15) is 10.5 Å². The summed E-state index contributed by atoms with van der Waals surface area (Å²) in [6.07, 6.45) is 16.8. The molecular formula is C60H72N4. The summed E-state index contributed by atoms with van der Waals surface area (Å²) in [6, 6.07) is 27.2. The molecule has 332 valence electrons. The summed E-state index contributed by atoms with van der Waals surface area (Å²) < 4.78 is 5.04. The molecule has 2 aromatic heterocycles. The highest BCUT2D eigenvalue weighted by Crippen LogP contribution is 2.52. The van der Waals surface area contributed by atoms with Crippen molar-refractivity contribution in [2.75, 3.05) is 0 Å². The molecule has 6 aromatic rings. The lowest BCUT2D eigenvalue weighted by Crippen LogP contribution is -2.23. The number of hydrogen-bond acceptors (Lipinski definition) is 2. The molecule has 2 heterocycles. The number of hydrogen-bond donors (Lipinski definition) is 0. The first-order valence-electron chi connectivity index (χ1n) is 24.7. The van der Waals surface area contributed by atoms with Crippen molar-refractivity contribution in [3.63, 3.8) is 0 Å². The molecule has 0 bridgehead atoms. The van der Waals surface area contributed by atoms with Crippen LogP contribution >= 0.6 is 0 Å². The highest BCUT2D eigenvalue weighted by Gasteiger charge is 2.38. The molecule has 0 spiro atoms. The van der Waals surface area contributed by atoms with Gasteiger partial charge in [-0.15, -0.1) is 0 Å². The average Bonchev–Trinajstić information content (AvgIpc) is 3.75. The zero-order chi connectivity index (χ0) is 45.7. The van der Waals surface area contributed by atoms with E-state index in [-0.39, 0.29) is 33.5 Å². The van der Waals surface area contributed by atoms with Gasteiger partial charge in [-0.2, -0.15) is 10.5 Å². The Balaban J connectivity index is 1.52. The lowest BCUT2D eigenvalue weighted by atomic mass is 9.74. The molecule has 64 heavy (non-hydrogen) atoms. The monoisotopic (exact) mass is 849 g/mol. The minimum Gasteiger partial charge on any atom is -0.308 e. The SMILES string of the molecule is CC(C)(C)c1ccc2c(c1)c1c(n2-c2c(C#N)c(C3CCCCC3)c(C#N)c(-n3c4ccc(C(C)(C)C)cc4c4cc(C(C)(C)C)ccc43)c2C2CCCCC2)C=CC(C(C)(C)C)C1. The molecule has 0 saturated heterocycles. The van der Waals surface area contributed by atoms with Crippen LogP contribution in [0.4, 0.5) is 0 Å². The molecule has 2 fully saturated rings. The molecule has 3 aliphatic carbocycles. The van der Waals surface area contributed by atoms with Gasteiger partial charge in [0.15, 0.2) is 0 Å². The fourth-order valence-corrected chi connectivity index (χ4v) is 11.8. The lowest BCUT2D eigenvalue weighted by molar-refractivity contribution is 0.291. The van der Waals surface area contributed by atoms with Crippen LogP contribution < -0.4 is 0 Å². The molecule has 4 heteroatoms. The van der Waals surface area contributed by atoms with Gasteiger partial charge in [0.2, 0.25) is 0 Å². The van der Waals surface area contributed by atoms with E-state index < -0.39 is 0 Å². The number of aromatic nitrogens is 2. The number of fused-ring (bicyclic) bond motifs is 6. The lowest BCUT2D eigenvalue weighted by Gasteiger charge is -2.34. The van der Waals surface area contributed by atoms with Crippen molar-refractivity contribution in [3.8, 4) is 23.5 Å². The van der Waals surface area contributed by atoms with Crippen LogP contribution in [0.3, 0.4) is 0 Å². The highest BCUT2D eigenvalue weighted by atomic mass is 15.0. The van der Waals surface area contributed by atoms with E-state index in [0.29, 0.717) is 5.92 Å². The number of benzene rings is 4. The Morgan fingerprint density at radius 3 is 1.33 bits per heavy atom. The summed E-state index contributed by atoms with van der Waals surface area (Å²) in [5, 5.41) is 27.6. The average molecular weight is 849 g/mol. The summed E-state index contributed by atoms with van der Waals surface area (Å²) in [7, 11) is 0. The van der Waals surface area contributed by atoms with E-state index in [2.05, 4.69) is 171 Å². The third-order valence-electron chi connectivity index (χ3n) is 15.7. The summed E-state index contributed by atoms with van der Waals surface area (Å²) >= 11 is 0. The van der Waals surface area contributed by atoms with Gasteiger partial charge < -0.3 is 9.13 Å². The van der Waals surface area contributed by atoms with Crippen LogP contribution in [0.15, 0.2) is 60.7 Å². The number of nitrogens with zero attached hydrogens (tertiary/aromatic N) is 4. The fraction of sp³-hybridized carbons (Fsp3) is 0.500. The molecule has 1 unspecified atom stereocenters. The highest BCUT2D eigenvalue weighted by molar-refractivity contribution is 6.10. The Labute approximate surface area is 384 Å². The smallest absolute Gasteiger partial charge is 0.102 e. The van der Waals surface area contributed by atoms with Gasteiger partial charge in [0.25, 0.3) is 0 Å². The van der Waals surface area contributed by atoms with Gasteiger partial charge in [0.1, 0.15) is 12.1 Å². The summed E-state index contributed by atoms with van der Waals surface area (Å²) in [6.45, 7) is 27.9. The van der Waals surface area contributed by atoms with Crippen LogP contribution in [-0.4, -0.2) is 9.13 Å². The van der Waals surface area contributed by atoms with Gasteiger partial charge in [0.05, 0.1) is 39.1 Å². The predicted molar refractivity (Wildman–Crippen MR) is 270 cm³/mol. The summed E-state index contributed by atoms with van der Waals surface area (Å²) in [4.78, 5) is 0. The number of allylic oxidation sites excluding steroid dienone is 1. The maximum absolute atomic E-state index is 11.9. The first-order chi connectivity index (χ1) is 30.2. The zero-order valence-corrected chi connectivity index (χ0v) is 41.1. The minimum absolute atomic E-state index is 0.0197. The van der Waals surface area contributed by atoms with Gasteiger partial charge in [-0.25, -0.2) is 0 Å². The van der Waals surface area contributed by atoms with Crippen molar-refractivity contribution < 1.29 is 0 Å². The molecule has 9 rings (SSSR count). The van der Waals surface area contributed by atoms with E-state index in [0.717, 1.165) is 96.9 Å². The Kier molecular flexibility index (Phi) is 10.9. The number of nitriles is 2. The minimum atomic E-state index is -0.0357. The Hall–Kier alpha value is -5.06. The molecule has 0 N–H and O–H groups in total. The largest absolute Gasteiger partial charge is 0.308 e. The van der Waals surface area contributed by atoms with Gasteiger partial charge in [0, 0.05) is 27.4 Å². The Bertz CT molecular complexity index is 2850. The van der Waals surface area contributed by atoms with Crippen LogP contribution in [-0.2, 0) is 22.7 Å². The molecule has 2 saturated carbocycles. The first-order valence-corrected chi connectivity index (χ1v) is 24.7. The zero-order valence-electron chi connectivity index (χ0n) is 41.1. The first kappa shape index (κ1) is 44.2. The van der Waals surface area contributed by atoms with Crippen molar-refractivity contribution in [2.45, 2.75) is 182 Å². The van der Waals surface area contributed by atoms with E-state index in [1.165, 1.54) is 68.0 Å². The molecule has 0 aliphatic heterocycles. The van der Waals surface area contributed by atoms with Gasteiger partial charge in [-0.3, -0.25) is 0 Å². The van der Waals surface area contributed by atoms with Crippen LogP contribution in [0.2, 0.25) is 0 Å². The molecule has 1 atom stereocenters. The fourth-order valence-electron chi connectivity index (χ4n) is 11.8. The van der Waals surface area contributed by atoms with Crippen molar-refractivity contribution in [1.82, 2.24) is 9.13 Å². The van der Waals surface area contributed by atoms with Gasteiger partial charge >= 0.3 is 0 Å². The molecule has 3 aliphatic rings. The van der Waals surface area contributed by atoms with Crippen LogP contribution in [0.5, 0.6) is 0 Å². The molecule has 4 aromatic carbocycles. The standard InChI is InChI=1S/C60H72N4/c1-57(2,3)39-23-27-49-43(31-39)44-32-40(58(4,5)6)24-28-50(44)63(49)55-47(35-61)53(37-19-15-13-16-20-37)48(36-62)56(54(55)38-21-17-14-18-22-38)64-51-29-25-41(59(7,8)9)33-45(51)46-34-42(60(10,11)12)26-30-52(46)64/h23-33,37-38,42H,13-22,34H2,1-12H3. The second-order valence-electron chi connectivity index (χ2n) is 24.2. The van der Waals surface area contributed by atoms with E-state index >= 15 is 0 Å². The van der Waals surface area contributed by atoms with Crippen molar-refractivity contribution in [2.24, 2.45) is 11.3 Å². The normalized spacial score (nSPS) is 18.2. The van der Waals surface area contributed by atoms with Crippen LogP contribution in [0.25, 0.3) is 50.2 Å². The second kappa shape index (κ2) is 15.8. The maximum Gasteiger partial charge on any atom is 0.102 e.